The number of rotatable bonds is 32. The van der Waals surface area contributed by atoms with Crippen LogP contribution in [0.1, 0.15) is 200 Å². The zero-order valence-corrected chi connectivity index (χ0v) is 30.8. The van der Waals surface area contributed by atoms with E-state index in [0.717, 1.165) is 25.7 Å². The molecular formula is C33H67KO4S. The second kappa shape index (κ2) is 34.0. The fourth-order valence-electron chi connectivity index (χ4n) is 5.57. The summed E-state index contributed by atoms with van der Waals surface area (Å²) in [6.07, 6.45) is 38.1. The average molecular weight is 599 g/mol. The molecule has 39 heavy (non-hydrogen) atoms. The Morgan fingerprint density at radius 3 is 0.923 bits per heavy atom. The Morgan fingerprint density at radius 1 is 0.462 bits per heavy atom. The molecule has 0 saturated heterocycles. The predicted octanol–water partition coefficient (Wildman–Crippen LogP) is 8.44. The van der Waals surface area contributed by atoms with Crippen molar-refractivity contribution in [2.75, 3.05) is 6.61 Å². The maximum atomic E-state index is 10.9. The topological polar surface area (TPSA) is 66.4 Å². The van der Waals surface area contributed by atoms with Crippen molar-refractivity contribution in [3.05, 3.63) is 0 Å². The van der Waals surface area contributed by atoms with Gasteiger partial charge in [0, 0.05) is 0 Å². The molecule has 0 aromatic carbocycles. The van der Waals surface area contributed by atoms with E-state index in [4.69, 9.17) is 0 Å². The Morgan fingerprint density at radius 2 is 0.692 bits per heavy atom. The molecule has 0 heterocycles. The first-order chi connectivity index (χ1) is 18.5. The van der Waals surface area contributed by atoms with E-state index in [1.54, 1.807) is 0 Å². The van der Waals surface area contributed by atoms with Gasteiger partial charge in [0.1, 0.15) is 0 Å². The molecule has 0 rings (SSSR count). The van der Waals surface area contributed by atoms with Crippen molar-refractivity contribution in [3.8, 4) is 0 Å². The summed E-state index contributed by atoms with van der Waals surface area (Å²) >= 11 is 0. The maximum Gasteiger partial charge on any atom is 1.00 e. The summed E-state index contributed by atoms with van der Waals surface area (Å²) in [5, 5.41) is 0. The van der Waals surface area contributed by atoms with Gasteiger partial charge in [0.05, 0.1) is 6.61 Å². The summed E-state index contributed by atoms with van der Waals surface area (Å²) in [6.45, 7) is 4.61. The molecule has 4 nitrogen and oxygen atoms in total. The van der Waals surface area contributed by atoms with Crippen LogP contribution in [-0.2, 0) is 14.6 Å². The summed E-state index contributed by atoms with van der Waals surface area (Å²) in [5.74, 6) is 0.198. The molecule has 0 N–H and O–H groups in total. The zero-order chi connectivity index (χ0) is 28.0. The van der Waals surface area contributed by atoms with E-state index >= 15 is 0 Å². The predicted molar refractivity (Wildman–Crippen MR) is 164 cm³/mol. The van der Waals surface area contributed by atoms with Gasteiger partial charge < -0.3 is 4.55 Å². The molecule has 0 aliphatic rings. The van der Waals surface area contributed by atoms with Crippen molar-refractivity contribution in [1.29, 1.82) is 0 Å². The van der Waals surface area contributed by atoms with Crippen molar-refractivity contribution in [3.63, 3.8) is 0 Å². The molecule has 0 radical (unpaired) electrons. The third kappa shape index (κ3) is 37.5. The Bertz CT molecular complexity index is 556. The van der Waals surface area contributed by atoms with E-state index in [1.165, 1.54) is 161 Å². The summed E-state index contributed by atoms with van der Waals surface area (Å²) in [4.78, 5) is 0. The normalized spacial score (nSPS) is 12.5. The van der Waals surface area contributed by atoms with Crippen molar-refractivity contribution in [2.24, 2.45) is 5.92 Å². The minimum absolute atomic E-state index is 0. The molecule has 0 saturated carbocycles. The first-order valence-corrected chi connectivity index (χ1v) is 18.4. The van der Waals surface area contributed by atoms with Crippen molar-refractivity contribution < 1.29 is 68.5 Å². The molecule has 230 valence electrons. The molecule has 0 spiro atoms. The minimum atomic E-state index is -4.58. The molecule has 0 bridgehead atoms. The molecule has 0 aliphatic carbocycles. The van der Waals surface area contributed by atoms with E-state index in [0.29, 0.717) is 0 Å². The second-order valence-corrected chi connectivity index (χ2v) is 13.0. The third-order valence-electron chi connectivity index (χ3n) is 8.13. The van der Waals surface area contributed by atoms with Gasteiger partial charge in [-0.3, -0.25) is 4.18 Å². The van der Waals surface area contributed by atoms with E-state index in [1.807, 2.05) is 0 Å². The first-order valence-electron chi connectivity index (χ1n) is 17.1. The molecule has 0 fully saturated rings. The van der Waals surface area contributed by atoms with Crippen LogP contribution in [0.4, 0.5) is 0 Å². The average Bonchev–Trinajstić information content (AvgIpc) is 2.89. The summed E-state index contributed by atoms with van der Waals surface area (Å²) < 4.78 is 37.4. The SMILES string of the molecule is CCCCCCCCCCCCCCCCCCCC(CCCCCCCCCCCC)COS(=O)(=O)[O-].[K+]. The third-order valence-corrected chi connectivity index (χ3v) is 8.55. The summed E-state index contributed by atoms with van der Waals surface area (Å²) in [6, 6.07) is 0. The van der Waals surface area contributed by atoms with E-state index in [2.05, 4.69) is 18.0 Å². The molecular weight excluding hydrogens is 532 g/mol. The molecule has 0 aromatic rings. The number of hydrogen-bond acceptors (Lipinski definition) is 4. The summed E-state index contributed by atoms with van der Waals surface area (Å²) in [5.41, 5.74) is 0. The molecule has 0 aromatic heterocycles. The zero-order valence-electron chi connectivity index (χ0n) is 26.8. The molecule has 1 unspecified atom stereocenters. The van der Waals surface area contributed by atoms with Crippen molar-refractivity contribution in [2.45, 2.75) is 200 Å². The van der Waals surface area contributed by atoms with E-state index in [9.17, 15) is 13.0 Å². The fraction of sp³-hybridized carbons (Fsp3) is 1.00. The van der Waals surface area contributed by atoms with Gasteiger partial charge in [-0.2, -0.15) is 0 Å². The second-order valence-electron chi connectivity index (χ2n) is 12.0. The molecule has 6 heteroatoms. The fourth-order valence-corrected chi connectivity index (χ4v) is 5.93. The van der Waals surface area contributed by atoms with Crippen LogP contribution < -0.4 is 51.4 Å². The Kier molecular flexibility index (Phi) is 37.2. The monoisotopic (exact) mass is 598 g/mol. The van der Waals surface area contributed by atoms with Gasteiger partial charge in [-0.15, -0.1) is 0 Å². The van der Waals surface area contributed by atoms with Gasteiger partial charge in [0.25, 0.3) is 0 Å². The van der Waals surface area contributed by atoms with Crippen molar-refractivity contribution in [1.82, 2.24) is 0 Å². The maximum absolute atomic E-state index is 10.9. The van der Waals surface area contributed by atoms with Gasteiger partial charge >= 0.3 is 51.4 Å². The van der Waals surface area contributed by atoms with E-state index in [-0.39, 0.29) is 63.9 Å². The first kappa shape index (κ1) is 42.6. The van der Waals surface area contributed by atoms with Crippen LogP contribution in [0.15, 0.2) is 0 Å². The minimum Gasteiger partial charge on any atom is -0.726 e. The van der Waals surface area contributed by atoms with Crippen LogP contribution in [0.3, 0.4) is 0 Å². The van der Waals surface area contributed by atoms with Gasteiger partial charge in [0.2, 0.25) is 10.4 Å². The van der Waals surface area contributed by atoms with Gasteiger partial charge in [-0.05, 0) is 18.8 Å². The Hall–Kier alpha value is 1.51. The van der Waals surface area contributed by atoms with Crippen LogP contribution in [0.2, 0.25) is 0 Å². The van der Waals surface area contributed by atoms with Crippen LogP contribution in [-0.4, -0.2) is 19.6 Å². The molecule has 0 amide bonds. The smallest absolute Gasteiger partial charge is 0.726 e. The standard InChI is InChI=1S/C33H68O4S.K/c1-3-5-7-9-11-13-15-16-17-18-19-20-21-23-25-27-29-31-33(32-37-38(34,35)36)30-28-26-24-22-14-12-10-8-6-4-2;/h33H,3-32H2,1-2H3,(H,34,35,36);/q;+1/p-1. The van der Waals surface area contributed by atoms with Crippen LogP contribution in [0, 0.1) is 5.92 Å². The van der Waals surface area contributed by atoms with Crippen molar-refractivity contribution >= 4 is 10.4 Å². The summed E-state index contributed by atoms with van der Waals surface area (Å²) in [7, 11) is -4.58. The van der Waals surface area contributed by atoms with Crippen LogP contribution in [0.5, 0.6) is 0 Å². The van der Waals surface area contributed by atoms with Crippen LogP contribution in [0.25, 0.3) is 0 Å². The van der Waals surface area contributed by atoms with Gasteiger partial charge in [0.15, 0.2) is 0 Å². The van der Waals surface area contributed by atoms with Crippen LogP contribution >= 0.6 is 0 Å². The Balaban J connectivity index is 0. The van der Waals surface area contributed by atoms with Gasteiger partial charge in [-0.25, -0.2) is 8.42 Å². The number of hydrogen-bond donors (Lipinski definition) is 0. The van der Waals surface area contributed by atoms with E-state index < -0.39 is 10.4 Å². The number of unbranched alkanes of at least 4 members (excludes halogenated alkanes) is 25. The molecule has 0 aliphatic heterocycles. The Labute approximate surface area is 288 Å². The van der Waals surface area contributed by atoms with Gasteiger partial charge in [-0.1, -0.05) is 187 Å². The largest absolute Gasteiger partial charge is 1.00 e. The quantitative estimate of drug-likeness (QED) is 0.0337. The molecule has 1 atom stereocenters.